The van der Waals surface area contributed by atoms with E-state index in [2.05, 4.69) is 26.2 Å². The maximum Gasteiger partial charge on any atom is 0.272 e. The molecule has 2 atom stereocenters. The molecule has 0 spiro atoms. The van der Waals surface area contributed by atoms with Crippen LogP contribution in [0, 0.1) is 0 Å². The number of primary amides is 1. The zero-order valence-corrected chi connectivity index (χ0v) is 22.4. The predicted molar refractivity (Wildman–Crippen MR) is 148 cm³/mol. The van der Waals surface area contributed by atoms with Crippen LogP contribution < -0.4 is 21.8 Å². The van der Waals surface area contributed by atoms with Gasteiger partial charge in [0.05, 0.1) is 13.2 Å². The lowest BCUT2D eigenvalue weighted by molar-refractivity contribution is -0.127. The number of hydrogen-bond donors (Lipinski definition) is 4. The molecule has 5 N–H and O–H groups in total. The number of hydrazone groups is 1. The third-order valence-electron chi connectivity index (χ3n) is 6.57. The average molecular weight is 540 g/mol. The van der Waals surface area contributed by atoms with Gasteiger partial charge in [0.15, 0.2) is 17.8 Å². The van der Waals surface area contributed by atoms with Crippen LogP contribution in [-0.2, 0) is 14.3 Å². The van der Waals surface area contributed by atoms with E-state index in [0.717, 1.165) is 12.8 Å². The number of ether oxygens (including phenoxy) is 1. The fraction of sp³-hybridized carbons (Fsp3) is 0.500. The van der Waals surface area contributed by atoms with Gasteiger partial charge >= 0.3 is 0 Å². The largest absolute Gasteiger partial charge is 0.378 e. The smallest absolute Gasteiger partial charge is 0.272 e. The molecule has 13 nitrogen and oxygen atoms in total. The monoisotopic (exact) mass is 539 g/mol. The minimum Gasteiger partial charge on any atom is -0.378 e. The quantitative estimate of drug-likeness (QED) is 0.319. The van der Waals surface area contributed by atoms with E-state index in [1.807, 2.05) is 30.0 Å². The van der Waals surface area contributed by atoms with E-state index in [1.165, 1.54) is 0 Å². The molecule has 39 heavy (non-hydrogen) atoms. The number of nitrogens with one attached hydrogen (secondary N) is 3. The summed E-state index contributed by atoms with van der Waals surface area (Å²) in [6.45, 7) is 4.13. The number of amides is 3. The summed E-state index contributed by atoms with van der Waals surface area (Å²) in [5.74, 6) is -0.595. The summed E-state index contributed by atoms with van der Waals surface area (Å²) in [4.78, 5) is 47.5. The molecule has 1 aromatic carbocycles. The minimum atomic E-state index is -0.731. The van der Waals surface area contributed by atoms with Gasteiger partial charge in [0.2, 0.25) is 5.91 Å². The van der Waals surface area contributed by atoms with Crippen LogP contribution in [0.2, 0.25) is 0 Å². The molecule has 3 amide bonds. The van der Waals surface area contributed by atoms with Gasteiger partial charge in [-0.25, -0.2) is 4.99 Å². The Morgan fingerprint density at radius 3 is 2.59 bits per heavy atom. The van der Waals surface area contributed by atoms with Crippen LogP contribution in [0.4, 0.5) is 5.69 Å². The van der Waals surface area contributed by atoms with Crippen molar-refractivity contribution in [3.05, 3.63) is 42.0 Å². The third kappa shape index (κ3) is 7.85. The molecule has 3 heterocycles. The molecular weight excluding hydrogens is 502 g/mol. The van der Waals surface area contributed by atoms with E-state index in [9.17, 15) is 14.4 Å². The van der Waals surface area contributed by atoms with Gasteiger partial charge in [-0.15, -0.1) is 0 Å². The van der Waals surface area contributed by atoms with Gasteiger partial charge in [0.1, 0.15) is 0 Å². The van der Waals surface area contributed by atoms with Crippen molar-refractivity contribution in [3.8, 4) is 0 Å². The number of carbonyl (C=O) groups excluding carboxylic acids is 3. The van der Waals surface area contributed by atoms with Gasteiger partial charge in [-0.2, -0.15) is 5.10 Å². The number of nitrogens with two attached hydrogens (primary N) is 1. The van der Waals surface area contributed by atoms with Crippen molar-refractivity contribution >= 4 is 35.0 Å². The highest BCUT2D eigenvalue weighted by molar-refractivity contribution is 6.68. The lowest BCUT2D eigenvalue weighted by atomic mass is 10.1. The Morgan fingerprint density at radius 2 is 1.90 bits per heavy atom. The van der Waals surface area contributed by atoms with Crippen molar-refractivity contribution in [1.82, 2.24) is 25.4 Å². The minimum absolute atomic E-state index is 0.0109. The van der Waals surface area contributed by atoms with Crippen molar-refractivity contribution in [2.24, 2.45) is 15.8 Å². The lowest BCUT2D eigenvalue weighted by Gasteiger charge is -2.34. The van der Waals surface area contributed by atoms with E-state index < -0.39 is 12.2 Å². The molecule has 2 saturated heterocycles. The molecule has 210 valence electrons. The van der Waals surface area contributed by atoms with Gasteiger partial charge in [0.25, 0.3) is 11.8 Å². The summed E-state index contributed by atoms with van der Waals surface area (Å²) in [6.07, 6.45) is 4.58. The number of rotatable bonds is 8. The van der Waals surface area contributed by atoms with Gasteiger partial charge < -0.3 is 30.5 Å². The van der Waals surface area contributed by atoms with Crippen LogP contribution in [0.3, 0.4) is 0 Å². The first-order chi connectivity index (χ1) is 18.8. The Kier molecular flexibility index (Phi) is 9.63. The van der Waals surface area contributed by atoms with E-state index in [-0.39, 0.29) is 29.4 Å². The van der Waals surface area contributed by atoms with Gasteiger partial charge in [-0.3, -0.25) is 25.1 Å². The van der Waals surface area contributed by atoms with E-state index in [4.69, 9.17) is 10.5 Å². The standard InChI is InChI=1S/C26H37N9O4/c1-33(2)11-4-6-21(36)35-12-3-5-20(17-35)29-26-30-24(22(23(27)37)31-32-26)28-19-9-7-18(8-10-19)25(38)34-13-15-39-16-14-34/h4,6-10,20,26,29,32H,3,5,11-17H2,1-2H3,(H2,27,37)(H,28,30)/b6-4+/t20-,26?/m1/s1. The fourth-order valence-corrected chi connectivity index (χ4v) is 4.52. The fourth-order valence-electron chi connectivity index (χ4n) is 4.52. The van der Waals surface area contributed by atoms with Crippen LogP contribution in [-0.4, -0.2) is 116 Å². The molecule has 0 aromatic heterocycles. The van der Waals surface area contributed by atoms with Crippen molar-refractivity contribution in [2.45, 2.75) is 25.2 Å². The Balaban J connectivity index is 1.38. The molecule has 4 rings (SSSR count). The molecule has 13 heteroatoms. The number of benzene rings is 1. The number of morpholine rings is 1. The second-order valence-electron chi connectivity index (χ2n) is 9.90. The molecule has 0 aliphatic carbocycles. The summed E-state index contributed by atoms with van der Waals surface area (Å²) in [7, 11) is 3.90. The lowest BCUT2D eigenvalue weighted by Crippen LogP contribution is -2.55. The number of carbonyl (C=O) groups is 3. The molecule has 0 bridgehead atoms. The molecular formula is C26H37N9O4. The maximum absolute atomic E-state index is 12.7. The number of nitrogens with zero attached hydrogens (tertiary/aromatic N) is 5. The number of piperidine rings is 1. The summed E-state index contributed by atoms with van der Waals surface area (Å²) >= 11 is 0. The summed E-state index contributed by atoms with van der Waals surface area (Å²) in [5, 5.41) is 10.6. The number of likely N-dealkylation sites (tertiary alicyclic amines) is 1. The molecule has 0 saturated carbocycles. The highest BCUT2D eigenvalue weighted by Crippen LogP contribution is 2.15. The number of aliphatic imine (C=N–C) groups is 1. The zero-order chi connectivity index (χ0) is 27.8. The Hall–Kier alpha value is -3.81. The van der Waals surface area contributed by atoms with Gasteiger partial charge in [0, 0.05) is 56.1 Å². The zero-order valence-electron chi connectivity index (χ0n) is 22.4. The summed E-state index contributed by atoms with van der Waals surface area (Å²) in [5.41, 5.74) is 9.52. The summed E-state index contributed by atoms with van der Waals surface area (Å²) in [6, 6.07) is 6.92. The van der Waals surface area contributed by atoms with E-state index in [1.54, 1.807) is 35.2 Å². The van der Waals surface area contributed by atoms with Crippen LogP contribution in [0.1, 0.15) is 23.2 Å². The highest BCUT2D eigenvalue weighted by Gasteiger charge is 2.28. The SMILES string of the molecule is CN(C)C/C=C/C(=O)N1CCC[C@@H](NC2N=C(Nc3ccc(C(=O)N4CCOCC4)cc3)C(C(N)=O)=NN2)C1. The first-order valence-electron chi connectivity index (χ1n) is 13.1. The molecule has 3 aliphatic heterocycles. The first-order valence-corrected chi connectivity index (χ1v) is 13.1. The van der Waals surface area contributed by atoms with Crippen LogP contribution >= 0.6 is 0 Å². The topological polar surface area (TPSA) is 157 Å². The van der Waals surface area contributed by atoms with Gasteiger partial charge in [-0.05, 0) is 51.2 Å². The van der Waals surface area contributed by atoms with Crippen LogP contribution in [0.5, 0.6) is 0 Å². The number of amidine groups is 1. The Bertz CT molecular complexity index is 1130. The highest BCUT2D eigenvalue weighted by atomic mass is 16.5. The molecule has 0 radical (unpaired) electrons. The van der Waals surface area contributed by atoms with Crippen molar-refractivity contribution < 1.29 is 19.1 Å². The van der Waals surface area contributed by atoms with Crippen LogP contribution in [0.15, 0.2) is 46.5 Å². The maximum atomic E-state index is 12.7. The second-order valence-corrected chi connectivity index (χ2v) is 9.90. The predicted octanol–water partition coefficient (Wildman–Crippen LogP) is -0.604. The first kappa shape index (κ1) is 28.2. The van der Waals surface area contributed by atoms with Crippen molar-refractivity contribution in [1.29, 1.82) is 0 Å². The number of anilines is 1. The molecule has 1 unspecified atom stereocenters. The van der Waals surface area contributed by atoms with Gasteiger partial charge in [-0.1, -0.05) is 6.08 Å². The number of likely N-dealkylation sites (N-methyl/N-ethyl adjacent to an activating group) is 1. The third-order valence-corrected chi connectivity index (χ3v) is 6.57. The van der Waals surface area contributed by atoms with E-state index >= 15 is 0 Å². The normalized spacial score (nSPS) is 21.8. The Labute approximate surface area is 228 Å². The molecule has 2 fully saturated rings. The average Bonchev–Trinajstić information content (AvgIpc) is 2.93. The van der Waals surface area contributed by atoms with Crippen molar-refractivity contribution in [3.63, 3.8) is 0 Å². The molecule has 3 aliphatic rings. The second kappa shape index (κ2) is 13.3. The molecule has 1 aromatic rings. The number of hydrogen-bond acceptors (Lipinski definition) is 10. The van der Waals surface area contributed by atoms with Crippen LogP contribution in [0.25, 0.3) is 0 Å². The summed E-state index contributed by atoms with van der Waals surface area (Å²) < 4.78 is 5.31. The van der Waals surface area contributed by atoms with E-state index in [0.29, 0.717) is 57.2 Å². The Morgan fingerprint density at radius 1 is 1.15 bits per heavy atom. The van der Waals surface area contributed by atoms with Crippen molar-refractivity contribution in [2.75, 3.05) is 65.3 Å².